The van der Waals surface area contributed by atoms with Gasteiger partial charge in [0.05, 0.1) is 5.03 Å². The lowest BCUT2D eigenvalue weighted by molar-refractivity contribution is 0.359. The Balaban J connectivity index is 2.64. The van der Waals surface area contributed by atoms with E-state index in [2.05, 4.69) is 15.9 Å². The molecule has 1 nitrogen and oxygen atoms in total. The van der Waals surface area contributed by atoms with E-state index in [0.717, 1.165) is 15.8 Å². The highest BCUT2D eigenvalue weighted by Crippen LogP contribution is 2.22. The van der Waals surface area contributed by atoms with E-state index in [9.17, 15) is 0 Å². The molecule has 0 saturated carbocycles. The van der Waals surface area contributed by atoms with Crippen molar-refractivity contribution in [3.05, 3.63) is 38.8 Å². The second-order valence-corrected chi connectivity index (χ2v) is 4.31. The lowest BCUT2D eigenvalue weighted by Gasteiger charge is -2.06. The summed E-state index contributed by atoms with van der Waals surface area (Å²) in [6, 6.07) is 5.74. The zero-order valence-corrected chi connectivity index (χ0v) is 10.7. The van der Waals surface area contributed by atoms with Crippen LogP contribution in [0.1, 0.15) is 5.56 Å². The van der Waals surface area contributed by atoms with Gasteiger partial charge in [-0.25, -0.2) is 0 Å². The number of rotatable bonds is 3. The Morgan fingerprint density at radius 2 is 2.29 bits per heavy atom. The molecule has 0 aromatic heterocycles. The van der Waals surface area contributed by atoms with Gasteiger partial charge in [0.25, 0.3) is 0 Å². The number of hydrogen-bond donors (Lipinski definition) is 0. The molecule has 0 amide bonds. The predicted molar refractivity (Wildman–Crippen MR) is 64.2 cm³/mol. The van der Waals surface area contributed by atoms with Gasteiger partial charge in [0, 0.05) is 10.0 Å². The summed E-state index contributed by atoms with van der Waals surface area (Å²) < 4.78 is 6.45. The first-order chi connectivity index (χ1) is 6.63. The molecular weight excluding hydrogens is 287 g/mol. The Morgan fingerprint density at radius 1 is 1.57 bits per heavy atom. The minimum atomic E-state index is 0.298. The van der Waals surface area contributed by atoms with Crippen LogP contribution < -0.4 is 4.74 Å². The highest BCUT2D eigenvalue weighted by atomic mass is 79.9. The average Bonchev–Trinajstić information content (AvgIpc) is 2.19. The first kappa shape index (κ1) is 11.9. The van der Waals surface area contributed by atoms with Crippen molar-refractivity contribution in [2.24, 2.45) is 0 Å². The zero-order chi connectivity index (χ0) is 10.6. The van der Waals surface area contributed by atoms with Crippen LogP contribution in [0.15, 0.2) is 33.2 Å². The molecule has 14 heavy (non-hydrogen) atoms. The van der Waals surface area contributed by atoms with E-state index < -0.39 is 0 Å². The fourth-order valence-corrected chi connectivity index (χ4v) is 1.25. The zero-order valence-electron chi connectivity index (χ0n) is 7.56. The lowest BCUT2D eigenvalue weighted by Crippen LogP contribution is -1.96. The van der Waals surface area contributed by atoms with E-state index in [0.29, 0.717) is 11.6 Å². The van der Waals surface area contributed by atoms with Gasteiger partial charge in [0.1, 0.15) is 12.4 Å². The number of ether oxygens (including phenoxy) is 1. The van der Waals surface area contributed by atoms with Gasteiger partial charge in [-0.15, -0.1) is 0 Å². The molecule has 0 radical (unpaired) electrons. The molecule has 0 aliphatic heterocycles. The summed E-state index contributed by atoms with van der Waals surface area (Å²) in [5.74, 6) is 0.780. The third-order valence-electron chi connectivity index (χ3n) is 1.62. The van der Waals surface area contributed by atoms with Crippen LogP contribution in [0.5, 0.6) is 5.75 Å². The molecule has 0 N–H and O–H groups in total. The molecule has 1 aromatic carbocycles. The summed E-state index contributed by atoms with van der Waals surface area (Å²) in [6.07, 6.45) is 0. The number of halogens is 3. The molecule has 1 aromatic rings. The fourth-order valence-electron chi connectivity index (χ4n) is 0.891. The van der Waals surface area contributed by atoms with E-state index in [1.54, 1.807) is 0 Å². The molecule has 0 bridgehead atoms. The van der Waals surface area contributed by atoms with Gasteiger partial charge < -0.3 is 4.74 Å². The van der Waals surface area contributed by atoms with Gasteiger partial charge in [-0.05, 0) is 30.7 Å². The highest BCUT2D eigenvalue weighted by Gasteiger charge is 1.99. The van der Waals surface area contributed by atoms with Crippen LogP contribution in [0, 0.1) is 6.92 Å². The fraction of sp³-hybridized carbons (Fsp3) is 0.200. The van der Waals surface area contributed by atoms with Crippen molar-refractivity contribution in [1.82, 2.24) is 0 Å². The van der Waals surface area contributed by atoms with Crippen molar-refractivity contribution < 1.29 is 4.74 Å². The number of hydrogen-bond acceptors (Lipinski definition) is 1. The Labute approximate surface area is 102 Å². The standard InChI is InChI=1S/C10H9BrCl2O/c1-7-4-9(2-3-10(7)11)14-6-8(13)5-12/h2-5H,6H2,1H3/b8-5-. The second-order valence-electron chi connectivity index (χ2n) is 2.76. The molecule has 0 saturated heterocycles. The Bertz CT molecular complexity index is 350. The maximum Gasteiger partial charge on any atom is 0.125 e. The Hall–Kier alpha value is -0.180. The second kappa shape index (κ2) is 5.64. The first-order valence-corrected chi connectivity index (χ1v) is 5.58. The van der Waals surface area contributed by atoms with Gasteiger partial charge >= 0.3 is 0 Å². The van der Waals surface area contributed by atoms with Crippen molar-refractivity contribution >= 4 is 39.1 Å². The molecule has 76 valence electrons. The van der Waals surface area contributed by atoms with Crippen LogP contribution in [0.3, 0.4) is 0 Å². The van der Waals surface area contributed by atoms with Crippen molar-refractivity contribution in [2.45, 2.75) is 6.92 Å². The van der Waals surface area contributed by atoms with Crippen molar-refractivity contribution in [3.63, 3.8) is 0 Å². The monoisotopic (exact) mass is 294 g/mol. The van der Waals surface area contributed by atoms with Gasteiger partial charge in [-0.3, -0.25) is 0 Å². The van der Waals surface area contributed by atoms with Crippen molar-refractivity contribution in [3.8, 4) is 5.75 Å². The summed E-state index contributed by atoms with van der Waals surface area (Å²) >= 11 is 14.5. The molecule has 0 heterocycles. The smallest absolute Gasteiger partial charge is 0.125 e. The first-order valence-electron chi connectivity index (χ1n) is 3.97. The predicted octanol–water partition coefficient (Wildman–Crippen LogP) is 4.46. The topological polar surface area (TPSA) is 9.23 Å². The van der Waals surface area contributed by atoms with Crippen LogP contribution in [0.2, 0.25) is 0 Å². The van der Waals surface area contributed by atoms with E-state index in [1.807, 2.05) is 25.1 Å². The largest absolute Gasteiger partial charge is 0.488 e. The van der Waals surface area contributed by atoms with Crippen LogP contribution in [0.25, 0.3) is 0 Å². The number of benzene rings is 1. The summed E-state index contributed by atoms with van der Waals surface area (Å²) in [6.45, 7) is 2.29. The molecule has 0 unspecified atom stereocenters. The molecule has 0 aliphatic rings. The van der Waals surface area contributed by atoms with Gasteiger partial charge in [-0.1, -0.05) is 39.1 Å². The lowest BCUT2D eigenvalue weighted by atomic mass is 10.2. The van der Waals surface area contributed by atoms with Crippen LogP contribution >= 0.6 is 39.1 Å². The minimum absolute atomic E-state index is 0.298. The van der Waals surface area contributed by atoms with Crippen LogP contribution in [-0.2, 0) is 0 Å². The summed E-state index contributed by atoms with van der Waals surface area (Å²) in [5.41, 5.74) is 2.42. The Morgan fingerprint density at radius 3 is 2.86 bits per heavy atom. The maximum absolute atomic E-state index is 5.68. The molecule has 0 spiro atoms. The molecule has 4 heteroatoms. The Kier molecular flexibility index (Phi) is 4.79. The van der Waals surface area contributed by atoms with Crippen LogP contribution in [0.4, 0.5) is 0 Å². The molecule has 0 aliphatic carbocycles. The normalized spacial score (nSPS) is 11.6. The SMILES string of the molecule is Cc1cc(OC/C(Cl)=C/Cl)ccc1Br. The summed E-state index contributed by atoms with van der Waals surface area (Å²) in [7, 11) is 0. The van der Waals surface area contributed by atoms with Gasteiger partial charge in [0.15, 0.2) is 0 Å². The maximum atomic E-state index is 5.68. The summed E-state index contributed by atoms with van der Waals surface area (Å²) in [4.78, 5) is 0. The average molecular weight is 296 g/mol. The third-order valence-corrected chi connectivity index (χ3v) is 3.11. The summed E-state index contributed by atoms with van der Waals surface area (Å²) in [5, 5.41) is 0.479. The molecule has 0 atom stereocenters. The molecule has 0 fully saturated rings. The van der Waals surface area contributed by atoms with E-state index >= 15 is 0 Å². The minimum Gasteiger partial charge on any atom is -0.488 e. The quantitative estimate of drug-likeness (QED) is 0.800. The van der Waals surface area contributed by atoms with Gasteiger partial charge in [0.2, 0.25) is 0 Å². The third kappa shape index (κ3) is 3.52. The van der Waals surface area contributed by atoms with E-state index in [4.69, 9.17) is 27.9 Å². The van der Waals surface area contributed by atoms with E-state index in [-0.39, 0.29) is 0 Å². The highest BCUT2D eigenvalue weighted by molar-refractivity contribution is 9.10. The van der Waals surface area contributed by atoms with Crippen molar-refractivity contribution in [2.75, 3.05) is 6.61 Å². The van der Waals surface area contributed by atoms with Crippen molar-refractivity contribution in [1.29, 1.82) is 0 Å². The number of aryl methyl sites for hydroxylation is 1. The molecular formula is C10H9BrCl2O. The van der Waals surface area contributed by atoms with Crippen LogP contribution in [-0.4, -0.2) is 6.61 Å². The molecule has 1 rings (SSSR count). The van der Waals surface area contributed by atoms with E-state index in [1.165, 1.54) is 5.54 Å². The van der Waals surface area contributed by atoms with Gasteiger partial charge in [-0.2, -0.15) is 0 Å².